The molecule has 1 aromatic rings. The van der Waals surface area contributed by atoms with Gasteiger partial charge >= 0.3 is 0 Å². The van der Waals surface area contributed by atoms with Gasteiger partial charge in [0.15, 0.2) is 0 Å². The first-order valence-corrected chi connectivity index (χ1v) is 7.86. The molecule has 0 spiro atoms. The van der Waals surface area contributed by atoms with Crippen molar-refractivity contribution in [2.45, 2.75) is 11.3 Å². The molecule has 0 unspecified atom stereocenters. The zero-order chi connectivity index (χ0) is 13.2. The van der Waals surface area contributed by atoms with Crippen LogP contribution in [0.15, 0.2) is 11.0 Å². The van der Waals surface area contributed by atoms with Gasteiger partial charge < -0.3 is 5.73 Å². The van der Waals surface area contributed by atoms with Crippen LogP contribution in [0.3, 0.4) is 0 Å². The predicted molar refractivity (Wildman–Crippen MR) is 75.6 cm³/mol. The Morgan fingerprint density at radius 3 is 2.59 bits per heavy atom. The minimum Gasteiger partial charge on any atom is -0.393 e. The number of halogens is 2. The number of hydrogen-bond acceptors (Lipinski definition) is 4. The van der Waals surface area contributed by atoms with Crippen LogP contribution in [0, 0.1) is 0 Å². The molecule has 0 aromatic carbocycles. The van der Waals surface area contributed by atoms with Crippen molar-refractivity contribution < 1.29 is 8.42 Å². The minimum absolute atomic E-state index is 0.0135. The van der Waals surface area contributed by atoms with Crippen molar-refractivity contribution >= 4 is 61.8 Å². The van der Waals surface area contributed by atoms with Crippen LogP contribution in [0.5, 0.6) is 0 Å². The number of hydrogen-bond donors (Lipinski definition) is 1. The summed E-state index contributed by atoms with van der Waals surface area (Å²) in [5.41, 5.74) is 5.32. The summed E-state index contributed by atoms with van der Waals surface area (Å²) < 4.78 is 25.8. The standard InChI is InChI=1S/C8H10Cl2N2O2S3/c1-12(3-2-7(11)15)17(13,14)5-4-6(9)16-8(5)10/h4H,2-3H2,1H3,(H2,11,15). The Morgan fingerprint density at radius 2 is 2.18 bits per heavy atom. The van der Waals surface area contributed by atoms with Crippen molar-refractivity contribution in [1.82, 2.24) is 4.31 Å². The molecule has 0 radical (unpaired) electrons. The summed E-state index contributed by atoms with van der Waals surface area (Å²) >= 11 is 17.2. The summed E-state index contributed by atoms with van der Waals surface area (Å²) in [6.45, 7) is 0.210. The molecule has 0 aliphatic heterocycles. The van der Waals surface area contributed by atoms with Crippen LogP contribution in [0.1, 0.15) is 6.42 Å². The quantitative estimate of drug-likeness (QED) is 0.840. The third-order valence-corrected chi connectivity index (χ3v) is 5.80. The topological polar surface area (TPSA) is 63.4 Å². The van der Waals surface area contributed by atoms with Gasteiger partial charge in [-0.1, -0.05) is 35.4 Å². The monoisotopic (exact) mass is 332 g/mol. The number of sulfonamides is 1. The molecule has 0 aliphatic rings. The molecule has 4 nitrogen and oxygen atoms in total. The zero-order valence-electron chi connectivity index (χ0n) is 8.81. The van der Waals surface area contributed by atoms with E-state index in [0.717, 1.165) is 15.6 Å². The fourth-order valence-electron chi connectivity index (χ4n) is 1.06. The summed E-state index contributed by atoms with van der Waals surface area (Å²) in [7, 11) is -2.19. The van der Waals surface area contributed by atoms with Crippen molar-refractivity contribution in [2.24, 2.45) is 5.73 Å². The third-order valence-electron chi connectivity index (χ3n) is 1.99. The van der Waals surface area contributed by atoms with Gasteiger partial charge in [0, 0.05) is 20.0 Å². The minimum atomic E-state index is -3.63. The van der Waals surface area contributed by atoms with Gasteiger partial charge in [-0.05, 0) is 6.07 Å². The van der Waals surface area contributed by atoms with Gasteiger partial charge in [0.2, 0.25) is 10.0 Å². The van der Waals surface area contributed by atoms with E-state index < -0.39 is 10.0 Å². The highest BCUT2D eigenvalue weighted by atomic mass is 35.5. The molecular weight excluding hydrogens is 323 g/mol. The molecule has 0 bridgehead atoms. The second-order valence-corrected chi connectivity index (χ2v) is 8.05. The highest BCUT2D eigenvalue weighted by Gasteiger charge is 2.25. The van der Waals surface area contributed by atoms with Crippen LogP contribution < -0.4 is 5.73 Å². The molecule has 2 N–H and O–H groups in total. The van der Waals surface area contributed by atoms with Crippen LogP contribution in [-0.2, 0) is 10.0 Å². The summed E-state index contributed by atoms with van der Waals surface area (Å²) in [4.78, 5) is 0.279. The molecule has 1 rings (SSSR count). The first-order chi connectivity index (χ1) is 7.75. The van der Waals surface area contributed by atoms with E-state index in [2.05, 4.69) is 0 Å². The molecule has 0 amide bonds. The molecule has 0 saturated carbocycles. The van der Waals surface area contributed by atoms with E-state index in [1.165, 1.54) is 13.1 Å². The number of nitrogens with zero attached hydrogens (tertiary/aromatic N) is 1. The van der Waals surface area contributed by atoms with Crippen molar-refractivity contribution in [3.8, 4) is 0 Å². The van der Waals surface area contributed by atoms with Gasteiger partial charge in [0.05, 0.1) is 9.32 Å². The molecule has 9 heteroatoms. The van der Waals surface area contributed by atoms with E-state index in [0.29, 0.717) is 10.8 Å². The number of nitrogens with two attached hydrogens (primary N) is 1. The maximum atomic E-state index is 12.1. The molecule has 1 heterocycles. The lowest BCUT2D eigenvalue weighted by atomic mass is 10.4. The lowest BCUT2D eigenvalue weighted by Crippen LogP contribution is -2.30. The van der Waals surface area contributed by atoms with E-state index in [1.807, 2.05) is 0 Å². The van der Waals surface area contributed by atoms with Crippen LogP contribution in [-0.4, -0.2) is 31.3 Å². The largest absolute Gasteiger partial charge is 0.393 e. The Morgan fingerprint density at radius 1 is 1.59 bits per heavy atom. The van der Waals surface area contributed by atoms with Crippen molar-refractivity contribution in [3.63, 3.8) is 0 Å². The van der Waals surface area contributed by atoms with E-state index in [9.17, 15) is 8.42 Å². The van der Waals surface area contributed by atoms with Crippen LogP contribution in [0.4, 0.5) is 0 Å². The maximum absolute atomic E-state index is 12.1. The fourth-order valence-corrected chi connectivity index (χ4v) is 4.43. The molecule has 0 aliphatic carbocycles. The normalized spacial score (nSPS) is 12.0. The van der Waals surface area contributed by atoms with Gasteiger partial charge in [-0.3, -0.25) is 0 Å². The highest BCUT2D eigenvalue weighted by molar-refractivity contribution is 7.89. The Balaban J connectivity index is 2.95. The number of thiophene rings is 1. The second kappa shape index (κ2) is 5.81. The molecule has 1 aromatic heterocycles. The SMILES string of the molecule is CN(CCC(N)=S)S(=O)(=O)c1cc(Cl)sc1Cl. The summed E-state index contributed by atoms with van der Waals surface area (Å²) in [6, 6.07) is 1.33. The molecule has 0 fully saturated rings. The first kappa shape index (κ1) is 15.1. The Kier molecular flexibility index (Phi) is 5.18. The van der Waals surface area contributed by atoms with E-state index in [1.54, 1.807) is 0 Å². The summed E-state index contributed by atoms with van der Waals surface area (Å²) in [6.07, 6.45) is 0.320. The summed E-state index contributed by atoms with van der Waals surface area (Å²) in [5.74, 6) is 0. The lowest BCUT2D eigenvalue weighted by molar-refractivity contribution is 0.479. The van der Waals surface area contributed by atoms with E-state index >= 15 is 0 Å². The first-order valence-electron chi connectivity index (χ1n) is 4.44. The smallest absolute Gasteiger partial charge is 0.245 e. The van der Waals surface area contributed by atoms with Gasteiger partial charge in [-0.25, -0.2) is 12.7 Å². The average Bonchev–Trinajstić information content (AvgIpc) is 2.54. The Bertz CT molecular complexity index is 527. The van der Waals surface area contributed by atoms with Crippen LogP contribution >= 0.6 is 46.8 Å². The van der Waals surface area contributed by atoms with E-state index in [-0.39, 0.29) is 20.8 Å². The van der Waals surface area contributed by atoms with Crippen LogP contribution in [0.2, 0.25) is 8.67 Å². The van der Waals surface area contributed by atoms with E-state index in [4.69, 9.17) is 41.2 Å². The Labute approximate surface area is 119 Å². The predicted octanol–water partition coefficient (Wildman–Crippen LogP) is 2.35. The van der Waals surface area contributed by atoms with Crippen molar-refractivity contribution in [2.75, 3.05) is 13.6 Å². The highest BCUT2D eigenvalue weighted by Crippen LogP contribution is 2.35. The van der Waals surface area contributed by atoms with Gasteiger partial charge in [0.1, 0.15) is 9.23 Å². The van der Waals surface area contributed by atoms with Crippen LogP contribution in [0.25, 0.3) is 0 Å². The van der Waals surface area contributed by atoms with Gasteiger partial charge in [-0.15, -0.1) is 11.3 Å². The zero-order valence-corrected chi connectivity index (χ0v) is 12.8. The fraction of sp³-hybridized carbons (Fsp3) is 0.375. The van der Waals surface area contributed by atoms with Gasteiger partial charge in [-0.2, -0.15) is 0 Å². The van der Waals surface area contributed by atoms with Crippen molar-refractivity contribution in [3.05, 3.63) is 14.7 Å². The number of rotatable bonds is 5. The maximum Gasteiger partial charge on any atom is 0.245 e. The van der Waals surface area contributed by atoms with Gasteiger partial charge in [0.25, 0.3) is 0 Å². The average molecular weight is 333 g/mol. The second-order valence-electron chi connectivity index (χ2n) is 3.23. The lowest BCUT2D eigenvalue weighted by Gasteiger charge is -2.15. The number of thiocarbonyl (C=S) groups is 1. The Hall–Kier alpha value is 0.0800. The molecule has 96 valence electrons. The molecule has 17 heavy (non-hydrogen) atoms. The third kappa shape index (κ3) is 3.77. The molecule has 0 atom stereocenters. The summed E-state index contributed by atoms with van der Waals surface area (Å²) in [5, 5.41) is 0. The molecular formula is C8H10Cl2N2O2S3. The van der Waals surface area contributed by atoms with Crippen molar-refractivity contribution in [1.29, 1.82) is 0 Å². The molecule has 0 saturated heterocycles.